The van der Waals surface area contributed by atoms with Crippen molar-refractivity contribution < 1.29 is 9.32 Å². The van der Waals surface area contributed by atoms with Gasteiger partial charge in [-0.15, -0.1) is 10.2 Å². The molecule has 0 radical (unpaired) electrons. The highest BCUT2D eigenvalue weighted by atomic mass is 16.5. The van der Waals surface area contributed by atoms with Gasteiger partial charge < -0.3 is 14.4 Å². The Hall–Kier alpha value is -3.03. The van der Waals surface area contributed by atoms with Crippen LogP contribution >= 0.6 is 0 Å². The Morgan fingerprint density at radius 3 is 3.04 bits per heavy atom. The standard InChI is InChI=1S/C20H24N6O2/c1-13(2)10-16-11-17(25-28-16)20(27)22-15-5-6-18-23-24-19(26(18)9-7-15)14-4-3-8-21-12-14/h3-4,8,11-13,15H,5-7,9-10H2,1-2H3,(H,22,27). The number of amides is 1. The molecule has 3 aromatic rings. The molecular formula is C20H24N6O2. The van der Waals surface area contributed by atoms with Crippen molar-refractivity contribution in [2.75, 3.05) is 0 Å². The Morgan fingerprint density at radius 1 is 1.36 bits per heavy atom. The number of nitrogens with one attached hydrogen (secondary N) is 1. The number of nitrogens with zero attached hydrogens (tertiary/aromatic N) is 5. The predicted molar refractivity (Wildman–Crippen MR) is 102 cm³/mol. The number of hydrogen-bond acceptors (Lipinski definition) is 6. The summed E-state index contributed by atoms with van der Waals surface area (Å²) >= 11 is 0. The van der Waals surface area contributed by atoms with Crippen molar-refractivity contribution in [2.45, 2.75) is 52.1 Å². The van der Waals surface area contributed by atoms with Gasteiger partial charge in [-0.2, -0.15) is 0 Å². The van der Waals surface area contributed by atoms with Gasteiger partial charge in [-0.3, -0.25) is 9.78 Å². The molecule has 1 unspecified atom stereocenters. The molecule has 0 aromatic carbocycles. The summed E-state index contributed by atoms with van der Waals surface area (Å²) in [5, 5.41) is 15.7. The maximum absolute atomic E-state index is 12.5. The van der Waals surface area contributed by atoms with Crippen LogP contribution in [0.25, 0.3) is 11.4 Å². The molecule has 28 heavy (non-hydrogen) atoms. The van der Waals surface area contributed by atoms with Crippen LogP contribution in [-0.4, -0.2) is 36.9 Å². The average molecular weight is 380 g/mol. The number of aryl methyl sites for hydroxylation is 1. The molecule has 3 aromatic heterocycles. The SMILES string of the molecule is CC(C)Cc1cc(C(=O)NC2CCc3nnc(-c4cccnc4)n3CC2)no1. The molecule has 1 aliphatic heterocycles. The molecule has 1 atom stereocenters. The summed E-state index contributed by atoms with van der Waals surface area (Å²) in [5.41, 5.74) is 1.29. The van der Waals surface area contributed by atoms with Crippen molar-refractivity contribution >= 4 is 5.91 Å². The molecule has 146 valence electrons. The first-order chi connectivity index (χ1) is 13.6. The minimum atomic E-state index is -0.186. The number of carbonyl (C=O) groups is 1. The van der Waals surface area contributed by atoms with E-state index in [1.165, 1.54) is 0 Å². The molecule has 8 nitrogen and oxygen atoms in total. The monoisotopic (exact) mass is 380 g/mol. The van der Waals surface area contributed by atoms with Crippen LogP contribution in [0.3, 0.4) is 0 Å². The van der Waals surface area contributed by atoms with Gasteiger partial charge in [0.1, 0.15) is 11.6 Å². The zero-order valence-corrected chi connectivity index (χ0v) is 16.1. The fourth-order valence-corrected chi connectivity index (χ4v) is 3.52. The van der Waals surface area contributed by atoms with Gasteiger partial charge in [0.2, 0.25) is 0 Å². The van der Waals surface area contributed by atoms with E-state index < -0.39 is 0 Å². The molecule has 1 aliphatic rings. The first-order valence-corrected chi connectivity index (χ1v) is 9.69. The van der Waals surface area contributed by atoms with E-state index in [2.05, 4.69) is 44.1 Å². The zero-order chi connectivity index (χ0) is 19.5. The van der Waals surface area contributed by atoms with E-state index in [1.54, 1.807) is 18.5 Å². The summed E-state index contributed by atoms with van der Waals surface area (Å²) in [6.07, 6.45) is 6.69. The highest BCUT2D eigenvalue weighted by molar-refractivity contribution is 5.92. The van der Waals surface area contributed by atoms with Gasteiger partial charge in [-0.25, -0.2) is 0 Å². The summed E-state index contributed by atoms with van der Waals surface area (Å²) in [5.74, 6) is 2.78. The third-order valence-electron chi connectivity index (χ3n) is 4.90. The normalized spacial score (nSPS) is 16.6. The highest BCUT2D eigenvalue weighted by Gasteiger charge is 2.23. The Bertz CT molecular complexity index is 947. The fraction of sp³-hybridized carbons (Fsp3) is 0.450. The summed E-state index contributed by atoms with van der Waals surface area (Å²) in [6.45, 7) is 4.95. The number of carbonyl (C=O) groups excluding carboxylic acids is 1. The molecule has 0 fully saturated rings. The van der Waals surface area contributed by atoms with Crippen molar-refractivity contribution in [3.05, 3.63) is 47.9 Å². The zero-order valence-electron chi connectivity index (χ0n) is 16.1. The van der Waals surface area contributed by atoms with Crippen LogP contribution in [0.1, 0.15) is 48.8 Å². The van der Waals surface area contributed by atoms with E-state index in [0.29, 0.717) is 11.6 Å². The van der Waals surface area contributed by atoms with Crippen LogP contribution in [0.15, 0.2) is 35.1 Å². The first-order valence-electron chi connectivity index (χ1n) is 9.69. The largest absolute Gasteiger partial charge is 0.361 e. The number of hydrogen-bond donors (Lipinski definition) is 1. The lowest BCUT2D eigenvalue weighted by molar-refractivity contribution is 0.0923. The summed E-state index contributed by atoms with van der Waals surface area (Å²) in [7, 11) is 0. The smallest absolute Gasteiger partial charge is 0.273 e. The molecule has 1 N–H and O–H groups in total. The molecule has 0 spiro atoms. The van der Waals surface area contributed by atoms with Crippen LogP contribution in [0.2, 0.25) is 0 Å². The minimum Gasteiger partial charge on any atom is -0.361 e. The Kier molecular flexibility index (Phi) is 5.18. The van der Waals surface area contributed by atoms with Gasteiger partial charge in [0.05, 0.1) is 0 Å². The van der Waals surface area contributed by atoms with Gasteiger partial charge >= 0.3 is 0 Å². The van der Waals surface area contributed by atoms with E-state index in [9.17, 15) is 4.79 Å². The molecule has 4 heterocycles. The lowest BCUT2D eigenvalue weighted by Crippen LogP contribution is -2.35. The fourth-order valence-electron chi connectivity index (χ4n) is 3.52. The molecule has 0 saturated heterocycles. The Balaban J connectivity index is 1.41. The minimum absolute atomic E-state index is 0.0567. The predicted octanol–water partition coefficient (Wildman–Crippen LogP) is 2.66. The summed E-state index contributed by atoms with van der Waals surface area (Å²) in [4.78, 5) is 16.7. The average Bonchev–Trinajstić information content (AvgIpc) is 3.26. The molecule has 1 amide bonds. The second-order valence-electron chi connectivity index (χ2n) is 7.61. The maximum atomic E-state index is 12.5. The van der Waals surface area contributed by atoms with Crippen molar-refractivity contribution in [2.24, 2.45) is 5.92 Å². The van der Waals surface area contributed by atoms with E-state index in [0.717, 1.165) is 55.2 Å². The Morgan fingerprint density at radius 2 is 2.25 bits per heavy atom. The van der Waals surface area contributed by atoms with Crippen molar-refractivity contribution in [3.8, 4) is 11.4 Å². The highest BCUT2D eigenvalue weighted by Crippen LogP contribution is 2.22. The summed E-state index contributed by atoms with van der Waals surface area (Å²) in [6, 6.07) is 5.67. The van der Waals surface area contributed by atoms with Crippen molar-refractivity contribution in [3.63, 3.8) is 0 Å². The second kappa shape index (κ2) is 7.92. The lowest BCUT2D eigenvalue weighted by Gasteiger charge is -2.15. The lowest BCUT2D eigenvalue weighted by atomic mass is 10.1. The first kappa shape index (κ1) is 18.3. The van der Waals surface area contributed by atoms with Gasteiger partial charge in [-0.1, -0.05) is 19.0 Å². The van der Waals surface area contributed by atoms with Gasteiger partial charge in [0.15, 0.2) is 11.5 Å². The molecule has 0 aliphatic carbocycles. The molecule has 0 saturated carbocycles. The van der Waals surface area contributed by atoms with Crippen molar-refractivity contribution in [1.82, 2.24) is 30.2 Å². The van der Waals surface area contributed by atoms with Crippen LogP contribution in [0, 0.1) is 5.92 Å². The molecule has 0 bridgehead atoms. The molecule has 4 rings (SSSR count). The van der Waals surface area contributed by atoms with Crippen LogP contribution in [0.4, 0.5) is 0 Å². The van der Waals surface area contributed by atoms with Crippen LogP contribution in [0.5, 0.6) is 0 Å². The van der Waals surface area contributed by atoms with E-state index in [1.807, 2.05) is 12.1 Å². The third kappa shape index (κ3) is 3.95. The van der Waals surface area contributed by atoms with Gasteiger partial charge in [0.25, 0.3) is 5.91 Å². The maximum Gasteiger partial charge on any atom is 0.273 e. The van der Waals surface area contributed by atoms with Crippen molar-refractivity contribution in [1.29, 1.82) is 0 Å². The van der Waals surface area contributed by atoms with Crippen LogP contribution < -0.4 is 5.32 Å². The van der Waals surface area contributed by atoms with Gasteiger partial charge in [0, 0.05) is 49.5 Å². The second-order valence-corrected chi connectivity index (χ2v) is 7.61. The molecule has 8 heteroatoms. The quantitative estimate of drug-likeness (QED) is 0.731. The Labute approximate surface area is 163 Å². The number of fused-ring (bicyclic) bond motifs is 1. The number of aromatic nitrogens is 5. The van der Waals surface area contributed by atoms with E-state index in [-0.39, 0.29) is 11.9 Å². The number of pyridine rings is 1. The van der Waals surface area contributed by atoms with E-state index >= 15 is 0 Å². The third-order valence-corrected chi connectivity index (χ3v) is 4.90. The molecular weight excluding hydrogens is 356 g/mol. The number of rotatable bonds is 5. The van der Waals surface area contributed by atoms with E-state index in [4.69, 9.17) is 4.52 Å². The topological polar surface area (TPSA) is 98.7 Å². The summed E-state index contributed by atoms with van der Waals surface area (Å²) < 4.78 is 7.40. The van der Waals surface area contributed by atoms with Crippen LogP contribution in [-0.2, 0) is 19.4 Å². The van der Waals surface area contributed by atoms with Gasteiger partial charge in [-0.05, 0) is 30.9 Å².